The molecule has 0 bridgehead atoms. The standard InChI is InChI=1S/C13H17ClN2OS/c1-3-4-10-6-5-9(2)7-11(10)16(13(15)18)12(17)8-14/h5-7H,3-4,8H2,1-2H3,(H2,15,18). The van der Waals surface area contributed by atoms with E-state index in [0.717, 1.165) is 29.7 Å². The Hall–Kier alpha value is -1.13. The Balaban J connectivity index is 3.29. The average molecular weight is 285 g/mol. The average Bonchev–Trinajstić information content (AvgIpc) is 2.32. The number of nitrogens with zero attached hydrogens (tertiary/aromatic N) is 1. The second-order valence-corrected chi connectivity index (χ2v) is 4.77. The van der Waals surface area contributed by atoms with Crippen molar-refractivity contribution >= 4 is 40.5 Å². The van der Waals surface area contributed by atoms with Crippen LogP contribution in [0.4, 0.5) is 5.69 Å². The van der Waals surface area contributed by atoms with Crippen molar-refractivity contribution in [3.8, 4) is 0 Å². The van der Waals surface area contributed by atoms with Crippen LogP contribution in [-0.4, -0.2) is 16.9 Å². The number of alkyl halides is 1. The van der Waals surface area contributed by atoms with Gasteiger partial charge in [0, 0.05) is 0 Å². The third kappa shape index (κ3) is 3.43. The number of hydrogen-bond acceptors (Lipinski definition) is 2. The fourth-order valence-corrected chi connectivity index (χ4v) is 2.12. The highest BCUT2D eigenvalue weighted by atomic mass is 35.5. The molecule has 0 unspecified atom stereocenters. The molecular weight excluding hydrogens is 268 g/mol. The van der Waals surface area contributed by atoms with Gasteiger partial charge in [-0.3, -0.25) is 9.69 Å². The smallest absolute Gasteiger partial charge is 0.248 e. The fourth-order valence-electron chi connectivity index (χ4n) is 1.80. The largest absolute Gasteiger partial charge is 0.376 e. The lowest BCUT2D eigenvalue weighted by Gasteiger charge is -2.23. The Labute approximate surface area is 118 Å². The number of hydrogen-bond donors (Lipinski definition) is 1. The van der Waals surface area contributed by atoms with Gasteiger partial charge in [0.1, 0.15) is 5.88 Å². The molecule has 0 fully saturated rings. The van der Waals surface area contributed by atoms with E-state index in [4.69, 9.17) is 29.6 Å². The molecule has 0 saturated carbocycles. The maximum Gasteiger partial charge on any atom is 0.248 e. The Bertz CT molecular complexity index is 462. The van der Waals surface area contributed by atoms with Gasteiger partial charge in [0.15, 0.2) is 5.11 Å². The van der Waals surface area contributed by atoms with Crippen molar-refractivity contribution in [3.63, 3.8) is 0 Å². The van der Waals surface area contributed by atoms with E-state index in [9.17, 15) is 4.79 Å². The van der Waals surface area contributed by atoms with Crippen LogP contribution >= 0.6 is 23.8 Å². The number of carbonyl (C=O) groups excluding carboxylic acids is 1. The number of amides is 1. The molecule has 1 aromatic rings. The van der Waals surface area contributed by atoms with Crippen molar-refractivity contribution in [3.05, 3.63) is 29.3 Å². The summed E-state index contributed by atoms with van der Waals surface area (Å²) in [5.74, 6) is -0.441. The molecule has 0 heterocycles. The maximum absolute atomic E-state index is 11.8. The third-order valence-electron chi connectivity index (χ3n) is 2.59. The molecule has 1 amide bonds. The zero-order valence-electron chi connectivity index (χ0n) is 10.6. The summed E-state index contributed by atoms with van der Waals surface area (Å²) in [4.78, 5) is 13.2. The van der Waals surface area contributed by atoms with Crippen molar-refractivity contribution in [1.29, 1.82) is 0 Å². The van der Waals surface area contributed by atoms with Gasteiger partial charge in [0.05, 0.1) is 5.69 Å². The summed E-state index contributed by atoms with van der Waals surface area (Å²) in [7, 11) is 0. The minimum Gasteiger partial charge on any atom is -0.376 e. The Morgan fingerprint density at radius 1 is 1.50 bits per heavy atom. The number of halogens is 1. The summed E-state index contributed by atoms with van der Waals surface area (Å²) in [6.45, 7) is 4.04. The zero-order chi connectivity index (χ0) is 13.7. The van der Waals surface area contributed by atoms with E-state index in [-0.39, 0.29) is 16.9 Å². The van der Waals surface area contributed by atoms with Crippen LogP contribution in [0.25, 0.3) is 0 Å². The van der Waals surface area contributed by atoms with Crippen LogP contribution < -0.4 is 10.6 Å². The monoisotopic (exact) mass is 284 g/mol. The van der Waals surface area contributed by atoms with E-state index in [1.807, 2.05) is 25.1 Å². The molecule has 0 spiro atoms. The van der Waals surface area contributed by atoms with Crippen LogP contribution in [0.5, 0.6) is 0 Å². The van der Waals surface area contributed by atoms with Gasteiger partial charge < -0.3 is 5.73 Å². The molecule has 1 rings (SSSR count). The van der Waals surface area contributed by atoms with Crippen molar-refractivity contribution in [1.82, 2.24) is 0 Å². The SMILES string of the molecule is CCCc1ccc(C)cc1N(C(=O)CCl)C(N)=S. The molecule has 2 N–H and O–H groups in total. The number of anilines is 1. The molecular formula is C13H17ClN2OS. The molecule has 3 nitrogen and oxygen atoms in total. The van der Waals surface area contributed by atoms with E-state index in [0.29, 0.717) is 0 Å². The predicted octanol–water partition coefficient (Wildman–Crippen LogP) is 2.76. The van der Waals surface area contributed by atoms with Crippen LogP contribution in [0.1, 0.15) is 24.5 Å². The van der Waals surface area contributed by atoms with Gasteiger partial charge >= 0.3 is 0 Å². The van der Waals surface area contributed by atoms with Gasteiger partial charge in [-0.1, -0.05) is 25.5 Å². The number of benzene rings is 1. The van der Waals surface area contributed by atoms with E-state index in [1.54, 1.807) is 0 Å². The molecule has 0 atom stereocenters. The van der Waals surface area contributed by atoms with E-state index < -0.39 is 0 Å². The number of rotatable bonds is 4. The minimum absolute atomic E-state index is 0.0311. The molecule has 0 aliphatic rings. The summed E-state index contributed by atoms with van der Waals surface area (Å²) in [5, 5.41) is 0.0311. The second kappa shape index (κ2) is 6.71. The van der Waals surface area contributed by atoms with Crippen molar-refractivity contribution in [2.45, 2.75) is 26.7 Å². The first-order chi connectivity index (χ1) is 8.51. The summed E-state index contributed by atoms with van der Waals surface area (Å²) < 4.78 is 0. The van der Waals surface area contributed by atoms with Crippen molar-refractivity contribution in [2.24, 2.45) is 5.73 Å². The Kier molecular flexibility index (Phi) is 5.56. The number of aryl methyl sites for hydroxylation is 2. The normalized spacial score (nSPS) is 10.2. The fraction of sp³-hybridized carbons (Fsp3) is 0.385. The van der Waals surface area contributed by atoms with Gasteiger partial charge in [-0.05, 0) is 42.8 Å². The zero-order valence-corrected chi connectivity index (χ0v) is 12.1. The Morgan fingerprint density at radius 2 is 2.17 bits per heavy atom. The van der Waals surface area contributed by atoms with Gasteiger partial charge in [-0.15, -0.1) is 11.6 Å². The van der Waals surface area contributed by atoms with Gasteiger partial charge in [0.2, 0.25) is 5.91 Å². The van der Waals surface area contributed by atoms with Crippen LogP contribution in [0, 0.1) is 6.92 Å². The third-order valence-corrected chi connectivity index (χ3v) is 3.00. The van der Waals surface area contributed by atoms with Crippen LogP contribution in [0.15, 0.2) is 18.2 Å². The van der Waals surface area contributed by atoms with E-state index in [2.05, 4.69) is 6.92 Å². The Morgan fingerprint density at radius 3 is 2.67 bits per heavy atom. The first-order valence-corrected chi connectivity index (χ1v) is 6.73. The summed E-state index contributed by atoms with van der Waals surface area (Å²) in [6.07, 6.45) is 1.85. The molecule has 5 heteroatoms. The molecule has 0 radical (unpaired) electrons. The number of carbonyl (C=O) groups is 1. The molecule has 18 heavy (non-hydrogen) atoms. The topological polar surface area (TPSA) is 46.3 Å². The van der Waals surface area contributed by atoms with Gasteiger partial charge in [-0.2, -0.15) is 0 Å². The second-order valence-electron chi connectivity index (χ2n) is 4.08. The highest BCUT2D eigenvalue weighted by molar-refractivity contribution is 7.80. The predicted molar refractivity (Wildman–Crippen MR) is 80.2 cm³/mol. The molecule has 0 aliphatic carbocycles. The first kappa shape index (κ1) is 14.9. The number of nitrogens with two attached hydrogens (primary N) is 1. The summed E-state index contributed by atoms with van der Waals surface area (Å²) >= 11 is 10.6. The molecule has 0 saturated heterocycles. The molecule has 0 aliphatic heterocycles. The maximum atomic E-state index is 11.8. The lowest BCUT2D eigenvalue weighted by Crippen LogP contribution is -2.42. The molecule has 98 valence electrons. The highest BCUT2D eigenvalue weighted by Gasteiger charge is 2.20. The highest BCUT2D eigenvalue weighted by Crippen LogP contribution is 2.24. The van der Waals surface area contributed by atoms with Crippen LogP contribution in [0.2, 0.25) is 0 Å². The van der Waals surface area contributed by atoms with Gasteiger partial charge in [-0.25, -0.2) is 0 Å². The molecule has 0 aromatic heterocycles. The lowest BCUT2D eigenvalue weighted by molar-refractivity contribution is -0.115. The summed E-state index contributed by atoms with van der Waals surface area (Å²) in [6, 6.07) is 5.92. The first-order valence-electron chi connectivity index (χ1n) is 5.79. The van der Waals surface area contributed by atoms with E-state index in [1.165, 1.54) is 4.90 Å². The van der Waals surface area contributed by atoms with Crippen LogP contribution in [-0.2, 0) is 11.2 Å². The quantitative estimate of drug-likeness (QED) is 0.683. The van der Waals surface area contributed by atoms with Crippen molar-refractivity contribution < 1.29 is 4.79 Å². The van der Waals surface area contributed by atoms with Gasteiger partial charge in [0.25, 0.3) is 0 Å². The summed E-state index contributed by atoms with van der Waals surface area (Å²) in [5.41, 5.74) is 8.48. The van der Waals surface area contributed by atoms with Crippen LogP contribution in [0.3, 0.4) is 0 Å². The van der Waals surface area contributed by atoms with Crippen molar-refractivity contribution in [2.75, 3.05) is 10.8 Å². The lowest BCUT2D eigenvalue weighted by atomic mass is 10.0. The van der Waals surface area contributed by atoms with E-state index >= 15 is 0 Å². The number of thiocarbonyl (C=S) groups is 1. The molecule has 1 aromatic carbocycles. The minimum atomic E-state index is -0.299.